The van der Waals surface area contributed by atoms with Crippen molar-refractivity contribution in [3.05, 3.63) is 30.0 Å². The summed E-state index contributed by atoms with van der Waals surface area (Å²) >= 11 is 0. The molecule has 1 aromatic carbocycles. The Morgan fingerprint density at radius 3 is 2.93 bits per heavy atom. The largest absolute Gasteiger partial charge is 0.313 e. The molecular formula is C11H15N3. The predicted octanol–water partition coefficient (Wildman–Crippen LogP) is 1.85. The molecule has 0 fully saturated rings. The molecule has 2 rings (SSSR count). The molecular weight excluding hydrogens is 174 g/mol. The Kier molecular flexibility index (Phi) is 2.25. The summed E-state index contributed by atoms with van der Waals surface area (Å²) in [6, 6.07) is 6.60. The molecule has 0 amide bonds. The molecule has 2 aromatic rings. The molecule has 0 aliphatic rings. The predicted molar refractivity (Wildman–Crippen MR) is 58.2 cm³/mol. The maximum absolute atomic E-state index is 4.38. The maximum Gasteiger partial charge on any atom is 0.0926 e. The molecule has 3 heteroatoms. The van der Waals surface area contributed by atoms with Crippen molar-refractivity contribution in [2.24, 2.45) is 7.05 Å². The Hall–Kier alpha value is -1.35. The average molecular weight is 189 g/mol. The van der Waals surface area contributed by atoms with E-state index in [1.807, 2.05) is 24.8 Å². The zero-order chi connectivity index (χ0) is 10.1. The van der Waals surface area contributed by atoms with Crippen LogP contribution < -0.4 is 5.32 Å². The molecule has 1 N–H and O–H groups in total. The van der Waals surface area contributed by atoms with Crippen LogP contribution in [0.4, 0.5) is 0 Å². The molecule has 0 bridgehead atoms. The lowest BCUT2D eigenvalue weighted by molar-refractivity contribution is 0.657. The highest BCUT2D eigenvalue weighted by Crippen LogP contribution is 2.22. The van der Waals surface area contributed by atoms with Gasteiger partial charge in [0.2, 0.25) is 0 Å². The van der Waals surface area contributed by atoms with Crippen LogP contribution in [0.2, 0.25) is 0 Å². The Morgan fingerprint density at radius 2 is 2.21 bits per heavy atom. The first kappa shape index (κ1) is 9.21. The molecule has 0 aliphatic heterocycles. The van der Waals surface area contributed by atoms with Gasteiger partial charge in [0.05, 0.1) is 5.52 Å². The third-order valence-corrected chi connectivity index (χ3v) is 2.60. The molecule has 0 spiro atoms. The second-order valence-electron chi connectivity index (χ2n) is 3.59. The number of hydrogen-bond acceptors (Lipinski definition) is 2. The van der Waals surface area contributed by atoms with Crippen molar-refractivity contribution >= 4 is 10.9 Å². The number of aromatic nitrogens is 2. The molecule has 0 saturated carbocycles. The van der Waals surface area contributed by atoms with Crippen LogP contribution in [0.3, 0.4) is 0 Å². The van der Waals surface area contributed by atoms with Crippen LogP contribution in [0.5, 0.6) is 0 Å². The van der Waals surface area contributed by atoms with Crippen molar-refractivity contribution in [3.63, 3.8) is 0 Å². The van der Waals surface area contributed by atoms with Gasteiger partial charge < -0.3 is 5.32 Å². The molecule has 0 radical (unpaired) electrons. The number of nitrogens with one attached hydrogen (secondary N) is 1. The molecule has 14 heavy (non-hydrogen) atoms. The minimum Gasteiger partial charge on any atom is -0.313 e. The lowest BCUT2D eigenvalue weighted by Gasteiger charge is -2.10. The SMILES string of the molecule is CNC(C)c1cccc2nn(C)cc12. The van der Waals surface area contributed by atoms with Gasteiger partial charge in [-0.25, -0.2) is 0 Å². The highest BCUT2D eigenvalue weighted by molar-refractivity contribution is 5.82. The van der Waals surface area contributed by atoms with Gasteiger partial charge in [-0.3, -0.25) is 4.68 Å². The van der Waals surface area contributed by atoms with Crippen LogP contribution in [0.15, 0.2) is 24.4 Å². The van der Waals surface area contributed by atoms with Gasteiger partial charge in [0.15, 0.2) is 0 Å². The molecule has 0 saturated heterocycles. The first-order chi connectivity index (χ1) is 6.72. The van der Waals surface area contributed by atoms with Crippen molar-refractivity contribution in [2.45, 2.75) is 13.0 Å². The summed E-state index contributed by atoms with van der Waals surface area (Å²) in [7, 11) is 3.92. The highest BCUT2D eigenvalue weighted by atomic mass is 15.2. The number of aryl methyl sites for hydroxylation is 1. The van der Waals surface area contributed by atoms with E-state index in [9.17, 15) is 0 Å². The van der Waals surface area contributed by atoms with Crippen molar-refractivity contribution in [1.29, 1.82) is 0 Å². The maximum atomic E-state index is 4.38. The number of fused-ring (bicyclic) bond motifs is 1. The summed E-state index contributed by atoms with van der Waals surface area (Å²) in [5.41, 5.74) is 2.37. The average Bonchev–Trinajstić information content (AvgIpc) is 2.56. The summed E-state index contributed by atoms with van der Waals surface area (Å²) < 4.78 is 1.86. The summed E-state index contributed by atoms with van der Waals surface area (Å²) in [5.74, 6) is 0. The first-order valence-electron chi connectivity index (χ1n) is 4.82. The van der Waals surface area contributed by atoms with Crippen molar-refractivity contribution < 1.29 is 0 Å². The topological polar surface area (TPSA) is 29.9 Å². The van der Waals surface area contributed by atoms with Gasteiger partial charge in [0.25, 0.3) is 0 Å². The van der Waals surface area contributed by atoms with Gasteiger partial charge in [-0.1, -0.05) is 12.1 Å². The second kappa shape index (κ2) is 3.42. The zero-order valence-corrected chi connectivity index (χ0v) is 8.78. The van der Waals surface area contributed by atoms with Gasteiger partial charge in [-0.15, -0.1) is 0 Å². The number of benzene rings is 1. The van der Waals surface area contributed by atoms with Crippen LogP contribution in [0.1, 0.15) is 18.5 Å². The van der Waals surface area contributed by atoms with E-state index in [2.05, 4.69) is 35.7 Å². The third kappa shape index (κ3) is 1.40. The highest BCUT2D eigenvalue weighted by Gasteiger charge is 2.08. The van der Waals surface area contributed by atoms with Crippen molar-refractivity contribution in [2.75, 3.05) is 7.05 Å². The smallest absolute Gasteiger partial charge is 0.0926 e. The lowest BCUT2D eigenvalue weighted by atomic mass is 10.0. The van der Waals surface area contributed by atoms with Gasteiger partial charge in [-0.05, 0) is 25.6 Å². The van der Waals surface area contributed by atoms with Gasteiger partial charge in [-0.2, -0.15) is 5.10 Å². The molecule has 74 valence electrons. The van der Waals surface area contributed by atoms with Crippen LogP contribution in [-0.2, 0) is 7.05 Å². The van der Waals surface area contributed by atoms with Crippen molar-refractivity contribution in [1.82, 2.24) is 15.1 Å². The first-order valence-corrected chi connectivity index (χ1v) is 4.82. The minimum atomic E-state index is 0.364. The quantitative estimate of drug-likeness (QED) is 0.781. The van der Waals surface area contributed by atoms with E-state index in [1.165, 1.54) is 10.9 Å². The third-order valence-electron chi connectivity index (χ3n) is 2.60. The van der Waals surface area contributed by atoms with E-state index in [0.717, 1.165) is 5.52 Å². The van der Waals surface area contributed by atoms with Gasteiger partial charge >= 0.3 is 0 Å². The standard InChI is InChI=1S/C11H15N3/c1-8(12-2)9-5-4-6-11-10(9)7-14(3)13-11/h4-8,12H,1-3H3. The zero-order valence-electron chi connectivity index (χ0n) is 8.78. The summed E-state index contributed by atoms with van der Waals surface area (Å²) in [5, 5.41) is 8.86. The minimum absolute atomic E-state index is 0.364. The Bertz CT molecular complexity index is 445. The van der Waals surface area contributed by atoms with E-state index < -0.39 is 0 Å². The van der Waals surface area contributed by atoms with E-state index in [4.69, 9.17) is 0 Å². The van der Waals surface area contributed by atoms with Crippen LogP contribution in [-0.4, -0.2) is 16.8 Å². The summed E-state index contributed by atoms with van der Waals surface area (Å²) in [4.78, 5) is 0. The summed E-state index contributed by atoms with van der Waals surface area (Å²) in [6.45, 7) is 2.15. The Morgan fingerprint density at radius 1 is 1.43 bits per heavy atom. The van der Waals surface area contributed by atoms with E-state index >= 15 is 0 Å². The fourth-order valence-corrected chi connectivity index (χ4v) is 1.72. The number of hydrogen-bond donors (Lipinski definition) is 1. The summed E-state index contributed by atoms with van der Waals surface area (Å²) in [6.07, 6.45) is 2.07. The Balaban J connectivity index is 2.64. The van der Waals surface area contributed by atoms with E-state index in [-0.39, 0.29) is 0 Å². The monoisotopic (exact) mass is 189 g/mol. The lowest BCUT2D eigenvalue weighted by Crippen LogP contribution is -2.12. The number of nitrogens with zero attached hydrogens (tertiary/aromatic N) is 2. The van der Waals surface area contributed by atoms with Gasteiger partial charge in [0, 0.05) is 24.7 Å². The van der Waals surface area contributed by atoms with Crippen molar-refractivity contribution in [3.8, 4) is 0 Å². The fraction of sp³-hybridized carbons (Fsp3) is 0.364. The molecule has 1 heterocycles. The van der Waals surface area contributed by atoms with E-state index in [1.54, 1.807) is 0 Å². The fourth-order valence-electron chi connectivity index (χ4n) is 1.72. The molecule has 0 aliphatic carbocycles. The van der Waals surface area contributed by atoms with Crippen LogP contribution in [0, 0.1) is 0 Å². The van der Waals surface area contributed by atoms with Crippen LogP contribution >= 0.6 is 0 Å². The second-order valence-corrected chi connectivity index (χ2v) is 3.59. The van der Waals surface area contributed by atoms with E-state index in [0.29, 0.717) is 6.04 Å². The number of rotatable bonds is 2. The molecule has 1 aromatic heterocycles. The molecule has 1 unspecified atom stereocenters. The normalized spacial score (nSPS) is 13.4. The molecule has 1 atom stereocenters. The van der Waals surface area contributed by atoms with Gasteiger partial charge in [0.1, 0.15) is 0 Å². The molecule has 3 nitrogen and oxygen atoms in total. The Labute approximate surface area is 83.7 Å². The van der Waals surface area contributed by atoms with Crippen LogP contribution in [0.25, 0.3) is 10.9 Å².